The number of amides is 1. The van der Waals surface area contributed by atoms with Crippen LogP contribution in [-0.2, 0) is 0 Å². The van der Waals surface area contributed by atoms with Crippen LogP contribution in [0.5, 0.6) is 0 Å². The van der Waals surface area contributed by atoms with Crippen LogP contribution in [0, 0.1) is 10.8 Å². The highest BCUT2D eigenvalue weighted by atomic mass is 16.3. The fourth-order valence-corrected chi connectivity index (χ4v) is 3.54. The Morgan fingerprint density at radius 2 is 2.00 bits per heavy atom. The summed E-state index contributed by atoms with van der Waals surface area (Å²) in [4.78, 5) is 12.6. The van der Waals surface area contributed by atoms with Gasteiger partial charge in [-0.05, 0) is 38.0 Å². The first-order chi connectivity index (χ1) is 12.0. The first-order valence-corrected chi connectivity index (χ1v) is 9.02. The van der Waals surface area contributed by atoms with E-state index in [0.29, 0.717) is 35.6 Å². The predicted octanol–water partition coefficient (Wildman–Crippen LogP) is 1.92. The number of carbonyl (C=O) groups excluding carboxylic acids is 1. The number of hydrogen-bond donors (Lipinski definition) is 5. The molecule has 0 bridgehead atoms. The van der Waals surface area contributed by atoms with Crippen LogP contribution in [0.1, 0.15) is 54.9 Å². The van der Waals surface area contributed by atoms with Crippen LogP contribution in [0.3, 0.4) is 0 Å². The van der Waals surface area contributed by atoms with E-state index >= 15 is 0 Å². The number of nitrogen functional groups attached to an aromatic ring is 1. The van der Waals surface area contributed by atoms with Crippen molar-refractivity contribution in [1.29, 1.82) is 5.41 Å². The number of aliphatic hydroxyl groups excluding tert-OH is 1. The number of nitrogens with two attached hydrogens (primary N) is 1. The van der Waals surface area contributed by atoms with Crippen molar-refractivity contribution in [3.05, 3.63) is 29.3 Å². The Morgan fingerprint density at radius 1 is 1.28 bits per heavy atom. The second-order valence-corrected chi connectivity index (χ2v) is 7.07. The quantitative estimate of drug-likeness (QED) is 0.281. The monoisotopic (exact) mass is 346 g/mol. The smallest absolute Gasteiger partial charge is 0.251 e. The Kier molecular flexibility index (Phi) is 6.96. The Balaban J connectivity index is 2.03. The van der Waals surface area contributed by atoms with Crippen molar-refractivity contribution in [2.24, 2.45) is 5.41 Å². The summed E-state index contributed by atoms with van der Waals surface area (Å²) in [6, 6.07) is 5.07. The summed E-state index contributed by atoms with van der Waals surface area (Å²) in [5.74, 6) is -0.130. The molecule has 6 heteroatoms. The van der Waals surface area contributed by atoms with Gasteiger partial charge in [-0.2, -0.15) is 0 Å². The van der Waals surface area contributed by atoms with E-state index in [9.17, 15) is 4.79 Å². The van der Waals surface area contributed by atoms with Crippen LogP contribution in [-0.4, -0.2) is 43.0 Å². The number of carbonyl (C=O) groups is 1. The zero-order chi connectivity index (χ0) is 18.3. The highest BCUT2D eigenvalue weighted by Crippen LogP contribution is 2.35. The van der Waals surface area contributed by atoms with Crippen molar-refractivity contribution in [3.8, 4) is 0 Å². The Bertz CT molecular complexity index is 609. The van der Waals surface area contributed by atoms with E-state index in [-0.39, 0.29) is 17.9 Å². The lowest BCUT2D eigenvalue weighted by Crippen LogP contribution is -2.45. The van der Waals surface area contributed by atoms with Crippen molar-refractivity contribution < 1.29 is 9.90 Å². The van der Waals surface area contributed by atoms with Gasteiger partial charge in [0.25, 0.3) is 5.91 Å². The molecule has 0 atom stereocenters. The number of hydrogen-bond acceptors (Lipinski definition) is 5. The summed E-state index contributed by atoms with van der Waals surface area (Å²) in [6.45, 7) is 3.79. The lowest BCUT2D eigenvalue weighted by molar-refractivity contribution is 0.0906. The largest absolute Gasteiger partial charge is 0.398 e. The normalized spacial score (nSPS) is 16.4. The van der Waals surface area contributed by atoms with Gasteiger partial charge in [0, 0.05) is 47.6 Å². The van der Waals surface area contributed by atoms with Crippen LogP contribution >= 0.6 is 0 Å². The maximum atomic E-state index is 12.6. The molecule has 0 heterocycles. The van der Waals surface area contributed by atoms with E-state index in [1.165, 1.54) is 19.3 Å². The maximum Gasteiger partial charge on any atom is 0.251 e. The highest BCUT2D eigenvalue weighted by molar-refractivity contribution is 6.04. The summed E-state index contributed by atoms with van der Waals surface area (Å²) >= 11 is 0. The van der Waals surface area contributed by atoms with Gasteiger partial charge in [0.2, 0.25) is 0 Å². The van der Waals surface area contributed by atoms with E-state index < -0.39 is 0 Å². The summed E-state index contributed by atoms with van der Waals surface area (Å²) in [7, 11) is 0. The molecule has 1 aromatic rings. The van der Waals surface area contributed by atoms with E-state index in [1.807, 2.05) is 0 Å². The number of benzene rings is 1. The molecular weight excluding hydrogens is 316 g/mol. The molecule has 6 N–H and O–H groups in total. The molecule has 2 rings (SSSR count). The molecule has 0 aliphatic heterocycles. The molecule has 1 amide bonds. The summed E-state index contributed by atoms with van der Waals surface area (Å²) in [6.07, 6.45) is 5.76. The van der Waals surface area contributed by atoms with Crippen molar-refractivity contribution in [2.75, 3.05) is 32.0 Å². The van der Waals surface area contributed by atoms with E-state index in [1.54, 1.807) is 25.1 Å². The molecule has 0 aromatic heterocycles. The van der Waals surface area contributed by atoms with Crippen molar-refractivity contribution >= 4 is 17.3 Å². The predicted molar refractivity (Wildman–Crippen MR) is 101 cm³/mol. The van der Waals surface area contributed by atoms with Gasteiger partial charge in [0.15, 0.2) is 0 Å². The van der Waals surface area contributed by atoms with Crippen molar-refractivity contribution in [2.45, 2.75) is 39.0 Å². The van der Waals surface area contributed by atoms with Gasteiger partial charge in [-0.1, -0.05) is 19.3 Å². The number of aliphatic hydroxyl groups is 1. The molecule has 138 valence electrons. The third-order valence-electron chi connectivity index (χ3n) is 5.05. The van der Waals surface area contributed by atoms with Crippen LogP contribution in [0.2, 0.25) is 0 Å². The first-order valence-electron chi connectivity index (χ1n) is 9.02. The molecule has 6 nitrogen and oxygen atoms in total. The van der Waals surface area contributed by atoms with Gasteiger partial charge in [0.1, 0.15) is 0 Å². The van der Waals surface area contributed by atoms with Gasteiger partial charge >= 0.3 is 0 Å². The van der Waals surface area contributed by atoms with Crippen molar-refractivity contribution in [3.63, 3.8) is 0 Å². The second kappa shape index (κ2) is 8.97. The molecule has 1 aromatic carbocycles. The second-order valence-electron chi connectivity index (χ2n) is 7.07. The Morgan fingerprint density at radius 3 is 2.64 bits per heavy atom. The van der Waals surface area contributed by atoms with Crippen LogP contribution in [0.25, 0.3) is 0 Å². The maximum absolute atomic E-state index is 12.6. The lowest BCUT2D eigenvalue weighted by atomic mass is 9.74. The van der Waals surface area contributed by atoms with E-state index in [4.69, 9.17) is 16.2 Å². The average molecular weight is 346 g/mol. The minimum atomic E-state index is -0.130. The fraction of sp³-hybridized carbons (Fsp3) is 0.579. The molecule has 1 aliphatic rings. The van der Waals surface area contributed by atoms with E-state index in [2.05, 4.69) is 10.6 Å². The van der Waals surface area contributed by atoms with Gasteiger partial charge in [-0.15, -0.1) is 0 Å². The van der Waals surface area contributed by atoms with Crippen LogP contribution in [0.15, 0.2) is 18.2 Å². The number of rotatable bonds is 8. The highest BCUT2D eigenvalue weighted by Gasteiger charge is 2.32. The molecule has 0 radical (unpaired) electrons. The molecule has 0 saturated heterocycles. The molecule has 25 heavy (non-hydrogen) atoms. The van der Waals surface area contributed by atoms with Gasteiger partial charge < -0.3 is 26.9 Å². The van der Waals surface area contributed by atoms with Crippen LogP contribution in [0.4, 0.5) is 5.69 Å². The average Bonchev–Trinajstić information content (AvgIpc) is 2.61. The minimum Gasteiger partial charge on any atom is -0.398 e. The fourth-order valence-electron chi connectivity index (χ4n) is 3.54. The third-order valence-corrected chi connectivity index (χ3v) is 5.05. The van der Waals surface area contributed by atoms with Gasteiger partial charge in [-0.25, -0.2) is 0 Å². The van der Waals surface area contributed by atoms with Crippen LogP contribution < -0.4 is 16.4 Å². The Hall–Kier alpha value is -1.92. The zero-order valence-corrected chi connectivity index (χ0v) is 15.0. The summed E-state index contributed by atoms with van der Waals surface area (Å²) in [5, 5.41) is 23.1. The van der Waals surface area contributed by atoms with Gasteiger partial charge in [-0.3, -0.25) is 4.79 Å². The van der Waals surface area contributed by atoms with E-state index in [0.717, 1.165) is 19.4 Å². The summed E-state index contributed by atoms with van der Waals surface area (Å²) < 4.78 is 0. The molecular formula is C19H30N4O2. The van der Waals surface area contributed by atoms with Gasteiger partial charge in [0.05, 0.1) is 6.61 Å². The molecule has 0 spiro atoms. The number of nitrogens with one attached hydrogen (secondary N) is 3. The molecule has 0 unspecified atom stereocenters. The minimum absolute atomic E-state index is 0.0528. The lowest BCUT2D eigenvalue weighted by Gasteiger charge is -2.37. The summed E-state index contributed by atoms with van der Waals surface area (Å²) in [5.41, 5.74) is 7.92. The standard InChI is InChI=1S/C19H30N4O2/c1-14(20)16-11-15(5-6-17(16)21)18(25)23-13-19(12-22-9-10-24)7-3-2-4-8-19/h5-6,11,20,22,24H,2-4,7-10,12-13,21H2,1H3,(H,23,25). The van der Waals surface area contributed by atoms with Crippen molar-refractivity contribution in [1.82, 2.24) is 10.6 Å². The topological polar surface area (TPSA) is 111 Å². The molecule has 1 saturated carbocycles. The number of anilines is 1. The SMILES string of the molecule is CC(=N)c1cc(C(=O)NCC2(CNCCO)CCCCC2)ccc1N. The third kappa shape index (κ3) is 5.28. The Labute approximate surface area is 149 Å². The molecule has 1 fully saturated rings. The first kappa shape index (κ1) is 19.4. The zero-order valence-electron chi connectivity index (χ0n) is 15.0. The molecule has 1 aliphatic carbocycles.